The van der Waals surface area contributed by atoms with Crippen molar-refractivity contribution < 1.29 is 113 Å². The quantitative estimate of drug-likeness (QED) is 0.395. The van der Waals surface area contributed by atoms with Crippen LogP contribution in [0.4, 0.5) is 0 Å². The van der Waals surface area contributed by atoms with Crippen LogP contribution in [-0.4, -0.2) is 22.4 Å². The summed E-state index contributed by atoms with van der Waals surface area (Å²) in [6.07, 6.45) is 0. The molecule has 0 amide bonds. The van der Waals surface area contributed by atoms with Crippen LogP contribution in [-0.2, 0) is 25.8 Å². The predicted molar refractivity (Wildman–Crippen MR) is 12.4 cm³/mol. The van der Waals surface area contributed by atoms with Crippen molar-refractivity contribution in [2.45, 2.75) is 0 Å². The minimum atomic E-state index is -2.17. The van der Waals surface area contributed by atoms with Crippen molar-refractivity contribution in [1.29, 1.82) is 0 Å². The van der Waals surface area contributed by atoms with E-state index in [2.05, 4.69) is 0 Å². The molecule has 0 saturated heterocycles. The average molecular weight is 421 g/mol. The topological polar surface area (TPSA) is 60.7 Å². The molecule has 3 N–H and O–H groups in total. The van der Waals surface area contributed by atoms with Gasteiger partial charge in [-0.2, -0.15) is 0 Å². The zero-order chi connectivity index (χ0) is 3.58. The fraction of sp³-hybridized carbons (Fsp3) is 0. The molecule has 3 nitrogen and oxygen atoms in total. The largest absolute Gasteiger partial charge is 0.631 e. The van der Waals surface area contributed by atoms with Gasteiger partial charge in [0.2, 0.25) is 0 Å². The minimum Gasteiger partial charge on any atom is -0.402 e. The number of hydrogen-bond donors (Lipinski definition) is 3. The fourth-order valence-electron chi connectivity index (χ4n) is 0. The van der Waals surface area contributed by atoms with E-state index < -0.39 is 7.32 Å². The fourth-order valence-corrected chi connectivity index (χ4v) is 0. The van der Waals surface area contributed by atoms with Crippen LogP contribution in [0.25, 0.3) is 0 Å². The summed E-state index contributed by atoms with van der Waals surface area (Å²) < 4.78 is 0. The molecule has 0 spiro atoms. The molecule has 0 fully saturated rings. The van der Waals surface area contributed by atoms with Gasteiger partial charge in [-0.25, -0.2) is 0 Å². The van der Waals surface area contributed by atoms with Crippen molar-refractivity contribution in [3.05, 3.63) is 0 Å². The molecule has 7 heteroatoms. The van der Waals surface area contributed by atoms with E-state index >= 15 is 0 Å². The molecule has 0 rings (SSSR count). The molecule has 0 saturated carbocycles. The summed E-state index contributed by atoms with van der Waals surface area (Å²) in [4.78, 5) is 0. The summed E-state index contributed by atoms with van der Waals surface area (Å²) in [5, 5.41) is 21.5. The predicted octanol–water partition coefficient (Wildman–Crippen LogP) is -2.05. The summed E-state index contributed by atoms with van der Waals surface area (Å²) >= 11 is 0. The van der Waals surface area contributed by atoms with Gasteiger partial charge in [0.15, 0.2) is 0 Å². The third-order valence-electron chi connectivity index (χ3n) is 0. The van der Waals surface area contributed by atoms with E-state index in [0.717, 1.165) is 0 Å². The van der Waals surface area contributed by atoms with Gasteiger partial charge in [-0.3, -0.25) is 0 Å². The van der Waals surface area contributed by atoms with Gasteiger partial charge in [-0.05, 0) is 0 Å². The molecule has 0 heterocycles. The molecule has 0 aliphatic heterocycles. The monoisotopic (exact) mass is 421 g/mol. The zero-order valence-corrected chi connectivity index (χ0v) is 10.4. The van der Waals surface area contributed by atoms with E-state index in [1.807, 2.05) is 0 Å². The molecule has 0 aliphatic rings. The molecule has 0 atom stereocenters. The Bertz CT molecular complexity index is 19.7. The van der Waals surface area contributed by atoms with Gasteiger partial charge in [-0.15, -0.1) is 0 Å². The van der Waals surface area contributed by atoms with E-state index in [1.165, 1.54) is 0 Å². The summed E-state index contributed by atoms with van der Waals surface area (Å²) in [7, 11) is -2.17. The second-order valence-electron chi connectivity index (χ2n) is 0.346. The van der Waals surface area contributed by atoms with Crippen LogP contribution in [0, 0.1) is 72.5 Å². The first-order valence-electron chi connectivity index (χ1n) is 0.775. The Labute approximate surface area is 118 Å². The Morgan fingerprint density at radius 3 is 1.00 bits per heavy atom. The molecule has 0 bridgehead atoms. The van der Waals surface area contributed by atoms with Crippen LogP contribution in [0.15, 0.2) is 0 Å². The average Bonchev–Trinajstić information content (AvgIpc) is 0.811. The first-order valence-corrected chi connectivity index (χ1v) is 0.775. The molecular formula is H3BLaLuO3Sc. The van der Waals surface area contributed by atoms with Crippen molar-refractivity contribution in [2.24, 2.45) is 0 Å². The van der Waals surface area contributed by atoms with Crippen molar-refractivity contribution in [1.82, 2.24) is 0 Å². The summed E-state index contributed by atoms with van der Waals surface area (Å²) in [6, 6.07) is 0. The molecular weight excluding hydrogens is 418 g/mol. The Kier molecular flexibility index (Phi) is 51.7. The van der Waals surface area contributed by atoms with Gasteiger partial charge >= 0.3 is 7.32 Å². The molecule has 0 aromatic heterocycles. The Morgan fingerprint density at radius 1 is 1.00 bits per heavy atom. The second-order valence-corrected chi connectivity index (χ2v) is 0.346. The summed E-state index contributed by atoms with van der Waals surface area (Å²) in [5.74, 6) is 0. The van der Waals surface area contributed by atoms with E-state index in [9.17, 15) is 0 Å². The maximum absolute atomic E-state index is 7.17. The van der Waals surface area contributed by atoms with Crippen LogP contribution < -0.4 is 0 Å². The Morgan fingerprint density at radius 2 is 1.00 bits per heavy atom. The standard InChI is InChI=1S/BH3O3.La.Lu.Sc/c2-1(3)4;;;/h2-4H;;;. The van der Waals surface area contributed by atoms with Crippen LogP contribution >= 0.6 is 0 Å². The second kappa shape index (κ2) is 16.1. The molecule has 0 aromatic carbocycles. The molecule has 45 valence electrons. The van der Waals surface area contributed by atoms with Gasteiger partial charge < -0.3 is 15.1 Å². The van der Waals surface area contributed by atoms with Crippen LogP contribution in [0.2, 0.25) is 0 Å². The first-order chi connectivity index (χ1) is 1.73. The summed E-state index contributed by atoms with van der Waals surface area (Å²) in [5.41, 5.74) is 0. The molecule has 7 heavy (non-hydrogen) atoms. The van der Waals surface area contributed by atoms with Crippen LogP contribution in [0.5, 0.6) is 0 Å². The van der Waals surface area contributed by atoms with E-state index in [4.69, 9.17) is 15.1 Å². The molecule has 3 radical (unpaired) electrons. The number of rotatable bonds is 0. The smallest absolute Gasteiger partial charge is 0.402 e. The molecule has 0 unspecified atom stereocenters. The van der Waals surface area contributed by atoms with Crippen LogP contribution in [0.3, 0.4) is 0 Å². The third-order valence-corrected chi connectivity index (χ3v) is 0. The van der Waals surface area contributed by atoms with Gasteiger partial charge in [-0.1, -0.05) is 0 Å². The van der Waals surface area contributed by atoms with Gasteiger partial charge in [0.1, 0.15) is 0 Å². The van der Waals surface area contributed by atoms with E-state index in [0.29, 0.717) is 0 Å². The minimum absolute atomic E-state index is 0. The van der Waals surface area contributed by atoms with Crippen molar-refractivity contribution in [2.75, 3.05) is 0 Å². The maximum Gasteiger partial charge on any atom is 0.631 e. The SMILES string of the molecule is OB(O)O.[La].[Lu].[Sc]. The first kappa shape index (κ1) is 22.5. The van der Waals surface area contributed by atoms with Crippen molar-refractivity contribution in [3.63, 3.8) is 0 Å². The van der Waals surface area contributed by atoms with Gasteiger partial charge in [0.05, 0.1) is 0 Å². The van der Waals surface area contributed by atoms with Gasteiger partial charge in [0, 0.05) is 98.3 Å². The van der Waals surface area contributed by atoms with Crippen molar-refractivity contribution in [3.8, 4) is 0 Å². The number of hydrogen-bond acceptors (Lipinski definition) is 3. The molecule has 0 aromatic rings. The zero-order valence-electron chi connectivity index (χ0n) is 3.33. The van der Waals surface area contributed by atoms with E-state index in [-0.39, 0.29) is 98.3 Å². The Balaban J connectivity index is -0.0000000150. The van der Waals surface area contributed by atoms with Crippen molar-refractivity contribution >= 4 is 7.32 Å². The van der Waals surface area contributed by atoms with Gasteiger partial charge in [0.25, 0.3) is 0 Å². The summed E-state index contributed by atoms with van der Waals surface area (Å²) in [6.45, 7) is 0. The normalized spacial score (nSPS) is 3.86. The maximum atomic E-state index is 7.17. The Hall–Kier alpha value is 3.24. The van der Waals surface area contributed by atoms with E-state index in [1.54, 1.807) is 0 Å². The molecule has 0 aliphatic carbocycles. The van der Waals surface area contributed by atoms with Crippen LogP contribution in [0.1, 0.15) is 0 Å². The third kappa shape index (κ3) is 46.1.